The van der Waals surface area contributed by atoms with E-state index in [1.54, 1.807) is 0 Å². The van der Waals surface area contributed by atoms with Gasteiger partial charge in [-0.05, 0) is 0 Å². The van der Waals surface area contributed by atoms with E-state index in [0.29, 0.717) is 0 Å². The van der Waals surface area contributed by atoms with E-state index >= 15 is 0 Å². The van der Waals surface area contributed by atoms with E-state index in [1.165, 1.54) is 0 Å². The van der Waals surface area contributed by atoms with Crippen molar-refractivity contribution in [1.29, 1.82) is 0 Å². The monoisotopic (exact) mass is 362 g/mol. The number of aliphatic hydroxyl groups excluding tert-OH is 2. The molecule has 0 aromatic rings. The number of aliphatic hydroxyl groups is 2. The molecule has 0 aromatic carbocycles. The highest BCUT2D eigenvalue weighted by atomic mass is 19.3. The van der Waals surface area contributed by atoms with Gasteiger partial charge in [0, 0.05) is 0 Å². The lowest BCUT2D eigenvalue weighted by Gasteiger charge is -2.28. The second kappa shape index (κ2) is 7.87. The van der Waals surface area contributed by atoms with Crippen LogP contribution in [-0.4, -0.2) is 71.1 Å². The van der Waals surface area contributed by atoms with Gasteiger partial charge in [-0.25, -0.2) is 0 Å². The molecule has 0 bridgehead atoms. The maximum Gasteiger partial charge on any atom is 0.395 e. The molecule has 0 aromatic heterocycles. The first-order valence-corrected chi connectivity index (χ1v) is 5.83. The number of aliphatic carboxylic acids is 2. The van der Waals surface area contributed by atoms with E-state index in [0.717, 1.165) is 10.6 Å². The fraction of sp³-hybridized carbons (Fsp3) is 0.600. The number of carboxylic acids is 2. The molecule has 0 heterocycles. The zero-order valence-corrected chi connectivity index (χ0v) is 11.4. The molecule has 138 valence electrons. The fourth-order valence-electron chi connectivity index (χ4n) is 1.14. The maximum absolute atomic E-state index is 13.4. The molecular formula is C10H10F4N2O8-2. The van der Waals surface area contributed by atoms with Crippen molar-refractivity contribution in [3.8, 4) is 0 Å². The van der Waals surface area contributed by atoms with Crippen molar-refractivity contribution in [2.45, 2.75) is 23.9 Å². The first-order valence-electron chi connectivity index (χ1n) is 5.83. The van der Waals surface area contributed by atoms with Gasteiger partial charge in [-0.2, -0.15) is 17.6 Å². The number of amides is 2. The predicted molar refractivity (Wildman–Crippen MR) is 57.9 cm³/mol. The molecule has 2 amide bonds. The summed E-state index contributed by atoms with van der Waals surface area (Å²) in [5, 5.41) is 39.3. The first kappa shape index (κ1) is 21.5. The third-order valence-corrected chi connectivity index (χ3v) is 2.51. The van der Waals surface area contributed by atoms with Crippen molar-refractivity contribution in [3.05, 3.63) is 0 Å². The topological polar surface area (TPSA) is 179 Å². The van der Waals surface area contributed by atoms with Crippen LogP contribution in [0.1, 0.15) is 0 Å². The van der Waals surface area contributed by atoms with Crippen LogP contribution in [0, 0.1) is 0 Å². The number of carbonyl (C=O) groups is 4. The lowest BCUT2D eigenvalue weighted by atomic mass is 10.1. The van der Waals surface area contributed by atoms with Crippen LogP contribution in [0.15, 0.2) is 0 Å². The average molecular weight is 362 g/mol. The van der Waals surface area contributed by atoms with Crippen LogP contribution in [-0.2, 0) is 19.2 Å². The number of alkyl halides is 4. The average Bonchev–Trinajstić information content (AvgIpc) is 2.48. The van der Waals surface area contributed by atoms with E-state index < -0.39 is 60.9 Å². The zero-order valence-electron chi connectivity index (χ0n) is 11.4. The van der Waals surface area contributed by atoms with Crippen LogP contribution in [0.2, 0.25) is 0 Å². The van der Waals surface area contributed by atoms with Crippen molar-refractivity contribution in [3.63, 3.8) is 0 Å². The van der Waals surface area contributed by atoms with Gasteiger partial charge in [0.25, 0.3) is 11.8 Å². The van der Waals surface area contributed by atoms with Crippen LogP contribution in [0.4, 0.5) is 17.6 Å². The maximum atomic E-state index is 13.4. The van der Waals surface area contributed by atoms with Gasteiger partial charge in [0.15, 0.2) is 0 Å². The molecule has 0 saturated heterocycles. The van der Waals surface area contributed by atoms with Crippen LogP contribution in [0.5, 0.6) is 0 Å². The number of carbonyl (C=O) groups excluding carboxylic acids is 4. The Morgan fingerprint density at radius 2 is 1.04 bits per heavy atom. The predicted octanol–water partition coefficient (Wildman–Crippen LogP) is -5.29. The molecule has 4 N–H and O–H groups in total. The Kier molecular flexibility index (Phi) is 7.06. The Hall–Kier alpha value is -2.48. The second-order valence-electron chi connectivity index (χ2n) is 4.20. The Balaban J connectivity index is 5.34. The highest BCUT2D eigenvalue weighted by Crippen LogP contribution is 2.34. The molecule has 0 aliphatic heterocycles. The van der Waals surface area contributed by atoms with Gasteiger partial charge in [0.1, 0.15) is 0 Å². The minimum atomic E-state index is -5.83. The van der Waals surface area contributed by atoms with Crippen molar-refractivity contribution in [1.82, 2.24) is 10.6 Å². The Morgan fingerprint density at radius 1 is 0.792 bits per heavy atom. The summed E-state index contributed by atoms with van der Waals surface area (Å²) < 4.78 is 53.7. The minimum Gasteiger partial charge on any atom is -0.548 e. The summed E-state index contributed by atoms with van der Waals surface area (Å²) in [4.78, 5) is 42.8. The van der Waals surface area contributed by atoms with Gasteiger partial charge >= 0.3 is 11.8 Å². The first-order chi connectivity index (χ1) is 10.8. The fourth-order valence-corrected chi connectivity index (χ4v) is 1.14. The number of hydrogen-bond donors (Lipinski definition) is 4. The Morgan fingerprint density at radius 3 is 1.21 bits per heavy atom. The van der Waals surface area contributed by atoms with Gasteiger partial charge in [-0.1, -0.05) is 0 Å². The number of carboxylic acid groups (broad SMARTS) is 2. The number of halogens is 4. The van der Waals surface area contributed by atoms with Crippen LogP contribution >= 0.6 is 0 Å². The largest absolute Gasteiger partial charge is 0.548 e. The highest BCUT2D eigenvalue weighted by Gasteiger charge is 2.67. The molecule has 10 nitrogen and oxygen atoms in total. The molecule has 0 saturated carbocycles. The number of rotatable bonds is 9. The summed E-state index contributed by atoms with van der Waals surface area (Å²) in [5.74, 6) is -22.1. The summed E-state index contributed by atoms with van der Waals surface area (Å²) in [6.45, 7) is -2.95. The van der Waals surface area contributed by atoms with Crippen LogP contribution in [0.25, 0.3) is 0 Å². The van der Waals surface area contributed by atoms with Crippen LogP contribution in [0.3, 0.4) is 0 Å². The van der Waals surface area contributed by atoms with Crippen molar-refractivity contribution in [2.75, 3.05) is 13.2 Å². The van der Waals surface area contributed by atoms with E-state index in [2.05, 4.69) is 0 Å². The molecule has 2 atom stereocenters. The van der Waals surface area contributed by atoms with E-state index in [-0.39, 0.29) is 0 Å². The molecule has 0 aliphatic rings. The van der Waals surface area contributed by atoms with Gasteiger partial charge in [0.05, 0.1) is 37.2 Å². The summed E-state index contributed by atoms with van der Waals surface area (Å²) in [7, 11) is 0. The summed E-state index contributed by atoms with van der Waals surface area (Å²) in [5.41, 5.74) is 0. The lowest BCUT2D eigenvalue weighted by molar-refractivity contribution is -0.310. The molecule has 0 rings (SSSR count). The van der Waals surface area contributed by atoms with Crippen molar-refractivity contribution >= 4 is 23.8 Å². The van der Waals surface area contributed by atoms with Crippen molar-refractivity contribution < 1.29 is 57.2 Å². The van der Waals surface area contributed by atoms with E-state index in [4.69, 9.17) is 10.2 Å². The minimum absolute atomic E-state index is 0.818. The molecule has 0 aliphatic carbocycles. The van der Waals surface area contributed by atoms with Gasteiger partial charge < -0.3 is 40.6 Å². The molecule has 0 fully saturated rings. The Labute approximate surface area is 130 Å². The summed E-state index contributed by atoms with van der Waals surface area (Å²) >= 11 is 0. The van der Waals surface area contributed by atoms with Gasteiger partial charge in [-0.15, -0.1) is 0 Å². The van der Waals surface area contributed by atoms with Gasteiger partial charge in [-0.3, -0.25) is 9.59 Å². The molecule has 24 heavy (non-hydrogen) atoms. The third kappa shape index (κ3) is 4.51. The highest BCUT2D eigenvalue weighted by molar-refractivity contribution is 5.97. The smallest absolute Gasteiger partial charge is 0.395 e. The van der Waals surface area contributed by atoms with Crippen molar-refractivity contribution in [2.24, 2.45) is 0 Å². The lowest BCUT2D eigenvalue weighted by Crippen LogP contribution is -2.64. The quantitative estimate of drug-likeness (QED) is 0.294. The van der Waals surface area contributed by atoms with E-state index in [1.807, 2.05) is 0 Å². The van der Waals surface area contributed by atoms with Crippen LogP contribution < -0.4 is 20.8 Å². The van der Waals surface area contributed by atoms with Gasteiger partial charge in [0.2, 0.25) is 0 Å². The Bertz CT molecular complexity index is 481. The second-order valence-corrected chi connectivity index (χ2v) is 4.20. The molecule has 0 radical (unpaired) electrons. The summed E-state index contributed by atoms with van der Waals surface area (Å²) in [6, 6.07) is -4.92. The molecule has 14 heteroatoms. The molecule has 0 spiro atoms. The third-order valence-electron chi connectivity index (χ3n) is 2.51. The number of hydrogen-bond acceptors (Lipinski definition) is 8. The number of nitrogens with one attached hydrogen (secondary N) is 2. The zero-order chi connectivity index (χ0) is 19.3. The SMILES string of the molecule is O=C([O-])[C@H](CO)NC(=O)C(F)(F)C(F)(F)C(=O)N[C@@H](CO)C(=O)[O-]. The summed E-state index contributed by atoms with van der Waals surface area (Å²) in [6.07, 6.45) is 0. The molecular weight excluding hydrogens is 352 g/mol. The normalized spacial score (nSPS) is 14.4. The van der Waals surface area contributed by atoms with E-state index in [9.17, 15) is 47.0 Å². The standard InChI is InChI=1S/C10H12F4N2O8/c11-9(12,7(23)15-3(1-17)5(19)20)10(13,14)8(24)16-4(2-18)6(21)22/h3-4,17-18H,1-2H2,(H,15,23)(H,16,24)(H,19,20)(H,21,22)/p-2/t3-,4-/m0/s1. The molecule has 0 unspecified atom stereocenters.